The van der Waals surface area contributed by atoms with Gasteiger partial charge in [0, 0.05) is 0 Å². The molecule has 0 aliphatic carbocycles. The summed E-state index contributed by atoms with van der Waals surface area (Å²) in [4.78, 5) is 11.2. The summed E-state index contributed by atoms with van der Waals surface area (Å²) < 4.78 is 10.2. The van der Waals surface area contributed by atoms with Gasteiger partial charge in [0.05, 0.1) is 13.2 Å². The van der Waals surface area contributed by atoms with Crippen LogP contribution in [0, 0.1) is 0 Å². The van der Waals surface area contributed by atoms with Crippen LogP contribution in [0.1, 0.15) is 24.9 Å². The van der Waals surface area contributed by atoms with E-state index in [1.807, 2.05) is 31.2 Å². The van der Waals surface area contributed by atoms with Crippen LogP contribution in [0.5, 0.6) is 5.75 Å². The second-order valence-electron chi connectivity index (χ2n) is 3.75. The second-order valence-corrected chi connectivity index (χ2v) is 3.75. The molecule has 1 aliphatic heterocycles. The van der Waals surface area contributed by atoms with E-state index >= 15 is 0 Å². The minimum absolute atomic E-state index is 0.0524. The van der Waals surface area contributed by atoms with Crippen LogP contribution in [0.25, 0.3) is 0 Å². The highest BCUT2D eigenvalue weighted by atomic mass is 16.6. The van der Waals surface area contributed by atoms with Crippen molar-refractivity contribution in [2.75, 3.05) is 7.11 Å². The highest BCUT2D eigenvalue weighted by molar-refractivity contribution is 5.70. The van der Waals surface area contributed by atoms with E-state index in [-0.39, 0.29) is 18.2 Å². The van der Waals surface area contributed by atoms with Gasteiger partial charge in [0.2, 0.25) is 0 Å². The molecule has 0 unspecified atom stereocenters. The zero-order valence-corrected chi connectivity index (χ0v) is 9.40. The first-order valence-electron chi connectivity index (χ1n) is 5.35. The van der Waals surface area contributed by atoms with Gasteiger partial charge in [-0.05, 0) is 24.1 Å². The normalized spacial score (nSPS) is 23.8. The van der Waals surface area contributed by atoms with Gasteiger partial charge in [0.1, 0.15) is 11.9 Å². The Morgan fingerprint density at radius 2 is 2.06 bits per heavy atom. The Morgan fingerprint density at radius 3 is 2.62 bits per heavy atom. The molecule has 1 saturated heterocycles. The summed E-state index contributed by atoms with van der Waals surface area (Å²) in [5.41, 5.74) is 1.04. The molecule has 1 N–H and O–H groups in total. The second kappa shape index (κ2) is 4.43. The largest absolute Gasteiger partial charge is 0.497 e. The molecule has 0 spiro atoms. The molecule has 0 radical (unpaired) electrons. The van der Waals surface area contributed by atoms with Crippen LogP contribution in [-0.4, -0.2) is 19.3 Å². The molecule has 4 heteroatoms. The maximum absolute atomic E-state index is 11.2. The van der Waals surface area contributed by atoms with Crippen LogP contribution in [0.3, 0.4) is 0 Å². The maximum Gasteiger partial charge on any atom is 0.408 e. The number of alkyl carbamates (subject to hydrolysis) is 1. The Morgan fingerprint density at radius 1 is 1.38 bits per heavy atom. The van der Waals surface area contributed by atoms with Crippen molar-refractivity contribution in [1.82, 2.24) is 5.32 Å². The van der Waals surface area contributed by atoms with Crippen LogP contribution in [0.15, 0.2) is 24.3 Å². The Labute approximate surface area is 94.6 Å². The lowest BCUT2D eigenvalue weighted by atomic mass is 10.0. The van der Waals surface area contributed by atoms with Crippen molar-refractivity contribution in [3.8, 4) is 5.75 Å². The Hall–Kier alpha value is -1.71. The zero-order chi connectivity index (χ0) is 11.5. The minimum Gasteiger partial charge on any atom is -0.497 e. The summed E-state index contributed by atoms with van der Waals surface area (Å²) in [6.07, 6.45) is 0.378. The molecular formula is C12H15NO3. The van der Waals surface area contributed by atoms with Crippen molar-refractivity contribution in [2.24, 2.45) is 0 Å². The van der Waals surface area contributed by atoms with Crippen LogP contribution in [0.4, 0.5) is 4.79 Å². The molecule has 1 aromatic rings. The molecule has 1 heterocycles. The van der Waals surface area contributed by atoms with Crippen LogP contribution in [-0.2, 0) is 4.74 Å². The molecule has 1 aliphatic rings. The molecule has 1 fully saturated rings. The fourth-order valence-corrected chi connectivity index (χ4v) is 1.89. The molecule has 2 rings (SSSR count). The number of benzene rings is 1. The fraction of sp³-hybridized carbons (Fsp3) is 0.417. The van der Waals surface area contributed by atoms with Gasteiger partial charge in [-0.25, -0.2) is 4.79 Å². The quantitative estimate of drug-likeness (QED) is 0.851. The van der Waals surface area contributed by atoms with E-state index in [1.54, 1.807) is 7.11 Å². The van der Waals surface area contributed by atoms with Crippen LogP contribution < -0.4 is 10.1 Å². The number of carbonyl (C=O) groups excluding carboxylic acids is 1. The molecule has 1 aromatic carbocycles. The molecule has 16 heavy (non-hydrogen) atoms. The predicted molar refractivity (Wildman–Crippen MR) is 59.4 cm³/mol. The first-order chi connectivity index (χ1) is 7.74. The molecule has 2 atom stereocenters. The summed E-state index contributed by atoms with van der Waals surface area (Å²) in [6.45, 7) is 2.00. The number of hydrogen-bond donors (Lipinski definition) is 1. The lowest BCUT2D eigenvalue weighted by Gasteiger charge is -2.15. The average molecular weight is 221 g/mol. The first-order valence-corrected chi connectivity index (χ1v) is 5.35. The molecule has 0 saturated carbocycles. The van der Waals surface area contributed by atoms with Crippen molar-refractivity contribution >= 4 is 6.09 Å². The molecular weight excluding hydrogens is 206 g/mol. The lowest BCUT2D eigenvalue weighted by molar-refractivity contribution is 0.129. The number of nitrogens with one attached hydrogen (secondary N) is 1. The average Bonchev–Trinajstić information content (AvgIpc) is 2.70. The van der Waals surface area contributed by atoms with E-state index in [9.17, 15) is 4.79 Å². The number of amides is 1. The smallest absolute Gasteiger partial charge is 0.408 e. The third kappa shape index (κ3) is 1.96. The van der Waals surface area contributed by atoms with Crippen molar-refractivity contribution < 1.29 is 14.3 Å². The van der Waals surface area contributed by atoms with Gasteiger partial charge in [0.15, 0.2) is 0 Å². The zero-order valence-electron chi connectivity index (χ0n) is 9.40. The molecule has 86 valence electrons. The van der Waals surface area contributed by atoms with Gasteiger partial charge >= 0.3 is 6.09 Å². The number of ether oxygens (including phenoxy) is 2. The van der Waals surface area contributed by atoms with Gasteiger partial charge < -0.3 is 14.8 Å². The third-order valence-corrected chi connectivity index (χ3v) is 2.78. The van der Waals surface area contributed by atoms with Crippen molar-refractivity contribution in [3.63, 3.8) is 0 Å². The van der Waals surface area contributed by atoms with E-state index in [0.717, 1.165) is 17.7 Å². The van der Waals surface area contributed by atoms with Gasteiger partial charge in [0.25, 0.3) is 0 Å². The third-order valence-electron chi connectivity index (χ3n) is 2.78. The highest BCUT2D eigenvalue weighted by Crippen LogP contribution is 2.27. The summed E-state index contributed by atoms with van der Waals surface area (Å²) >= 11 is 0. The van der Waals surface area contributed by atoms with E-state index in [1.165, 1.54) is 0 Å². The lowest BCUT2D eigenvalue weighted by Crippen LogP contribution is -2.22. The predicted octanol–water partition coefficient (Wildman–Crippen LogP) is 2.25. The van der Waals surface area contributed by atoms with E-state index in [2.05, 4.69) is 5.32 Å². The molecule has 4 nitrogen and oxygen atoms in total. The Kier molecular flexibility index (Phi) is 2.99. The van der Waals surface area contributed by atoms with Crippen molar-refractivity contribution in [3.05, 3.63) is 29.8 Å². The summed E-state index contributed by atoms with van der Waals surface area (Å²) in [5, 5.41) is 2.81. The van der Waals surface area contributed by atoms with Gasteiger partial charge in [-0.1, -0.05) is 19.1 Å². The first kappa shape index (κ1) is 10.8. The van der Waals surface area contributed by atoms with Crippen molar-refractivity contribution in [2.45, 2.75) is 25.5 Å². The fourth-order valence-electron chi connectivity index (χ4n) is 1.89. The number of carbonyl (C=O) groups is 1. The number of rotatable bonds is 3. The van der Waals surface area contributed by atoms with E-state index in [4.69, 9.17) is 9.47 Å². The molecule has 0 bridgehead atoms. The minimum atomic E-state index is -0.340. The van der Waals surface area contributed by atoms with Crippen molar-refractivity contribution in [1.29, 1.82) is 0 Å². The number of cyclic esters (lactones) is 1. The summed E-state index contributed by atoms with van der Waals surface area (Å²) in [7, 11) is 1.63. The maximum atomic E-state index is 11.2. The van der Waals surface area contributed by atoms with Crippen LogP contribution >= 0.6 is 0 Å². The van der Waals surface area contributed by atoms with Crippen LogP contribution in [0.2, 0.25) is 0 Å². The number of methoxy groups -OCH3 is 1. The van der Waals surface area contributed by atoms with Gasteiger partial charge in [-0.2, -0.15) is 0 Å². The SMILES string of the molecule is CC[C@@H]1OC(=O)N[C@H]1c1ccc(OC)cc1. The highest BCUT2D eigenvalue weighted by Gasteiger charge is 2.33. The molecule has 0 aromatic heterocycles. The Balaban J connectivity index is 2.19. The molecule has 1 amide bonds. The Bertz CT molecular complexity index is 374. The topological polar surface area (TPSA) is 47.6 Å². The van der Waals surface area contributed by atoms with E-state index in [0.29, 0.717) is 0 Å². The van der Waals surface area contributed by atoms with Gasteiger partial charge in [-0.15, -0.1) is 0 Å². The number of hydrogen-bond acceptors (Lipinski definition) is 3. The van der Waals surface area contributed by atoms with Gasteiger partial charge in [-0.3, -0.25) is 0 Å². The summed E-state index contributed by atoms with van der Waals surface area (Å²) in [5.74, 6) is 0.807. The van der Waals surface area contributed by atoms with E-state index < -0.39 is 0 Å². The monoisotopic (exact) mass is 221 g/mol. The summed E-state index contributed by atoms with van der Waals surface area (Å²) in [6, 6.07) is 7.60. The standard InChI is InChI=1S/C12H15NO3/c1-3-10-11(13-12(14)16-10)8-4-6-9(15-2)7-5-8/h4-7,10-11H,3H2,1-2H3,(H,13,14)/t10-,11-/m0/s1.